The van der Waals surface area contributed by atoms with Crippen LogP contribution >= 0.6 is 0 Å². The first-order chi connectivity index (χ1) is 4.76. The van der Waals surface area contributed by atoms with Crippen LogP contribution in [-0.4, -0.2) is 17.3 Å². The van der Waals surface area contributed by atoms with Gasteiger partial charge in [0.1, 0.15) is 0 Å². The fraction of sp³-hybridized carbons (Fsp3) is 0.750. The maximum absolute atomic E-state index is 9.72. The largest absolute Gasteiger partial charge is 0.388 e. The molecule has 3 N–H and O–H groups in total. The lowest BCUT2D eigenvalue weighted by Crippen LogP contribution is -2.56. The van der Waals surface area contributed by atoms with Crippen molar-refractivity contribution in [3.63, 3.8) is 0 Å². The fourth-order valence-electron chi connectivity index (χ4n) is 2.17. The molecule has 2 aliphatic carbocycles. The molecule has 3 atom stereocenters. The number of aliphatic hydroxyl groups is 1. The number of fused-ring (bicyclic) bond motifs is 1. The highest BCUT2D eigenvalue weighted by Crippen LogP contribution is 2.49. The van der Waals surface area contributed by atoms with Crippen molar-refractivity contribution in [2.45, 2.75) is 18.4 Å². The summed E-state index contributed by atoms with van der Waals surface area (Å²) in [6.07, 6.45) is 6.26. The zero-order chi connectivity index (χ0) is 7.19. The maximum Gasteiger partial charge on any atom is 0.0811 e. The highest BCUT2D eigenvalue weighted by atomic mass is 16.3. The molecule has 0 aromatic rings. The van der Waals surface area contributed by atoms with Crippen molar-refractivity contribution in [2.24, 2.45) is 17.6 Å². The van der Waals surface area contributed by atoms with Crippen LogP contribution in [0.15, 0.2) is 12.2 Å². The minimum absolute atomic E-state index is 0.426. The second kappa shape index (κ2) is 1.83. The second-order valence-corrected chi connectivity index (χ2v) is 3.45. The van der Waals surface area contributed by atoms with Crippen LogP contribution in [0.4, 0.5) is 0 Å². The predicted octanol–water partition coefficient (Wildman–Crippen LogP) is 0.272. The summed E-state index contributed by atoms with van der Waals surface area (Å²) in [5, 5.41) is 9.72. The molecule has 0 heterocycles. The van der Waals surface area contributed by atoms with Crippen molar-refractivity contribution in [2.75, 3.05) is 6.54 Å². The van der Waals surface area contributed by atoms with Crippen LogP contribution in [0.1, 0.15) is 12.8 Å². The molecule has 1 fully saturated rings. The summed E-state index contributed by atoms with van der Waals surface area (Å²) < 4.78 is 0. The van der Waals surface area contributed by atoms with Crippen molar-refractivity contribution < 1.29 is 5.11 Å². The van der Waals surface area contributed by atoms with E-state index in [9.17, 15) is 5.11 Å². The molecule has 2 rings (SSSR count). The van der Waals surface area contributed by atoms with Crippen LogP contribution in [0.25, 0.3) is 0 Å². The normalized spacial score (nSPS) is 50.6. The van der Waals surface area contributed by atoms with Gasteiger partial charge in [0, 0.05) is 6.54 Å². The summed E-state index contributed by atoms with van der Waals surface area (Å²) in [6.45, 7) is 0.426. The summed E-state index contributed by atoms with van der Waals surface area (Å²) >= 11 is 0. The molecule has 0 aromatic heterocycles. The molecule has 0 bridgehead atoms. The first-order valence-electron chi connectivity index (χ1n) is 3.85. The Labute approximate surface area is 60.7 Å². The van der Waals surface area contributed by atoms with Crippen molar-refractivity contribution in [3.05, 3.63) is 12.2 Å². The Hall–Kier alpha value is -0.340. The molecule has 0 spiro atoms. The van der Waals surface area contributed by atoms with Gasteiger partial charge in [-0.05, 0) is 24.7 Å². The van der Waals surface area contributed by atoms with E-state index in [0.29, 0.717) is 18.4 Å². The highest BCUT2D eigenvalue weighted by Gasteiger charge is 2.51. The van der Waals surface area contributed by atoms with Gasteiger partial charge in [-0.25, -0.2) is 0 Å². The van der Waals surface area contributed by atoms with Crippen molar-refractivity contribution >= 4 is 0 Å². The lowest BCUT2D eigenvalue weighted by molar-refractivity contribution is -0.108. The summed E-state index contributed by atoms with van der Waals surface area (Å²) in [5.74, 6) is 1.08. The van der Waals surface area contributed by atoms with Crippen LogP contribution in [0.2, 0.25) is 0 Å². The van der Waals surface area contributed by atoms with E-state index in [0.717, 1.165) is 12.8 Å². The molecule has 2 nitrogen and oxygen atoms in total. The van der Waals surface area contributed by atoms with E-state index in [4.69, 9.17) is 5.73 Å². The Kier molecular flexibility index (Phi) is 1.17. The van der Waals surface area contributed by atoms with E-state index in [1.807, 2.05) is 0 Å². The minimum Gasteiger partial charge on any atom is -0.388 e. The average Bonchev–Trinajstić information content (AvgIpc) is 2.30. The standard InChI is InChI=1S/C8H13NO/c9-5-8(10)4-6-2-1-3-7(6)8/h1-2,6-7,10H,3-5,9H2/t6-,7-,8-/m1/s1. The molecule has 10 heavy (non-hydrogen) atoms. The van der Waals surface area contributed by atoms with E-state index in [-0.39, 0.29) is 0 Å². The van der Waals surface area contributed by atoms with E-state index in [1.54, 1.807) is 0 Å². The first-order valence-corrected chi connectivity index (χ1v) is 3.85. The minimum atomic E-state index is -0.520. The number of allylic oxidation sites excluding steroid dienone is 2. The molecule has 0 aromatic carbocycles. The Balaban J connectivity index is 2.08. The van der Waals surface area contributed by atoms with Gasteiger partial charge in [-0.15, -0.1) is 0 Å². The number of hydrogen-bond donors (Lipinski definition) is 2. The molecule has 1 saturated carbocycles. The van der Waals surface area contributed by atoms with Crippen LogP contribution < -0.4 is 5.73 Å². The molecular weight excluding hydrogens is 126 g/mol. The number of rotatable bonds is 1. The fourth-order valence-corrected chi connectivity index (χ4v) is 2.17. The molecule has 0 aliphatic heterocycles. The van der Waals surface area contributed by atoms with Gasteiger partial charge >= 0.3 is 0 Å². The van der Waals surface area contributed by atoms with Gasteiger partial charge in [-0.1, -0.05) is 12.2 Å². The highest BCUT2D eigenvalue weighted by molar-refractivity contribution is 5.16. The Morgan fingerprint density at radius 2 is 2.50 bits per heavy atom. The third-order valence-corrected chi connectivity index (χ3v) is 2.92. The zero-order valence-electron chi connectivity index (χ0n) is 5.96. The van der Waals surface area contributed by atoms with E-state index >= 15 is 0 Å². The van der Waals surface area contributed by atoms with Gasteiger partial charge in [-0.3, -0.25) is 0 Å². The average molecular weight is 139 g/mol. The summed E-state index contributed by atoms with van der Waals surface area (Å²) in [6, 6.07) is 0. The van der Waals surface area contributed by atoms with Gasteiger partial charge < -0.3 is 10.8 Å². The number of hydrogen-bond acceptors (Lipinski definition) is 2. The van der Waals surface area contributed by atoms with Crippen molar-refractivity contribution in [1.82, 2.24) is 0 Å². The maximum atomic E-state index is 9.72. The molecule has 0 radical (unpaired) electrons. The molecule has 56 valence electrons. The Bertz CT molecular complexity index is 178. The molecule has 0 amide bonds. The summed E-state index contributed by atoms with van der Waals surface area (Å²) in [7, 11) is 0. The summed E-state index contributed by atoms with van der Waals surface area (Å²) in [4.78, 5) is 0. The van der Waals surface area contributed by atoms with Crippen molar-refractivity contribution in [3.8, 4) is 0 Å². The predicted molar refractivity (Wildman–Crippen MR) is 39.4 cm³/mol. The van der Waals surface area contributed by atoms with Crippen LogP contribution in [0, 0.1) is 11.8 Å². The molecule has 0 unspecified atom stereocenters. The zero-order valence-corrected chi connectivity index (χ0v) is 5.96. The molecular formula is C8H13NO. The quantitative estimate of drug-likeness (QED) is 0.512. The van der Waals surface area contributed by atoms with Crippen molar-refractivity contribution in [1.29, 1.82) is 0 Å². The molecule has 2 heteroatoms. The van der Waals surface area contributed by atoms with Crippen LogP contribution in [0.5, 0.6) is 0 Å². The van der Waals surface area contributed by atoms with Gasteiger partial charge in [0.2, 0.25) is 0 Å². The Morgan fingerprint density at radius 3 is 3.10 bits per heavy atom. The lowest BCUT2D eigenvalue weighted by Gasteiger charge is -2.47. The van der Waals surface area contributed by atoms with Gasteiger partial charge in [0.15, 0.2) is 0 Å². The van der Waals surface area contributed by atoms with E-state index in [2.05, 4.69) is 12.2 Å². The topological polar surface area (TPSA) is 46.2 Å². The van der Waals surface area contributed by atoms with E-state index < -0.39 is 5.60 Å². The SMILES string of the molecule is NC[C@]1(O)C[C@H]2C=CC[C@H]21. The van der Waals surface area contributed by atoms with Gasteiger partial charge in [0.05, 0.1) is 5.60 Å². The third kappa shape index (κ3) is 0.607. The van der Waals surface area contributed by atoms with Gasteiger partial charge in [0.25, 0.3) is 0 Å². The number of nitrogens with two attached hydrogens (primary N) is 1. The Morgan fingerprint density at radius 1 is 1.70 bits per heavy atom. The third-order valence-electron chi connectivity index (χ3n) is 2.92. The lowest BCUT2D eigenvalue weighted by atomic mass is 9.63. The van der Waals surface area contributed by atoms with Crippen LogP contribution in [0.3, 0.4) is 0 Å². The van der Waals surface area contributed by atoms with Gasteiger partial charge in [-0.2, -0.15) is 0 Å². The smallest absolute Gasteiger partial charge is 0.0811 e. The van der Waals surface area contributed by atoms with E-state index in [1.165, 1.54) is 0 Å². The van der Waals surface area contributed by atoms with Crippen LogP contribution in [-0.2, 0) is 0 Å². The monoisotopic (exact) mass is 139 g/mol. The second-order valence-electron chi connectivity index (χ2n) is 3.45. The molecule has 0 saturated heterocycles. The summed E-state index contributed by atoms with van der Waals surface area (Å²) in [5.41, 5.74) is 4.93. The first kappa shape index (κ1) is 6.38. The molecule has 2 aliphatic rings.